The molecule has 0 fully saturated rings. The molecule has 0 saturated heterocycles. The molecule has 3 rings (SSSR count). The summed E-state index contributed by atoms with van der Waals surface area (Å²) in [6, 6.07) is 15.9. The lowest BCUT2D eigenvalue weighted by Gasteiger charge is -2.07. The molecule has 3 nitrogen and oxygen atoms in total. The van der Waals surface area contributed by atoms with E-state index in [0.717, 1.165) is 39.1 Å². The van der Waals surface area contributed by atoms with E-state index in [2.05, 4.69) is 27.3 Å². The van der Waals surface area contributed by atoms with E-state index in [4.69, 9.17) is 9.15 Å². The van der Waals surface area contributed by atoms with Crippen molar-refractivity contribution in [2.24, 2.45) is 0 Å². The maximum absolute atomic E-state index is 5.93. The first-order valence-electron chi connectivity index (χ1n) is 6.81. The largest absolute Gasteiger partial charge is 0.484 e. The Hall–Kier alpha value is -1.78. The Balaban J connectivity index is 1.89. The number of rotatable bonds is 5. The summed E-state index contributed by atoms with van der Waals surface area (Å²) in [5, 5.41) is 4.32. The van der Waals surface area contributed by atoms with E-state index in [1.54, 1.807) is 0 Å². The normalized spacial score (nSPS) is 11.0. The second kappa shape index (κ2) is 6.33. The van der Waals surface area contributed by atoms with Gasteiger partial charge in [-0.2, -0.15) is 0 Å². The highest BCUT2D eigenvalue weighted by Gasteiger charge is 2.14. The standard InChI is InChI=1S/C17H16BrNO2/c1-19-10-13-12-6-2-4-8-15(12)21-17(13)11-20-16-9-5-3-7-14(16)18/h2-9,19H,10-11H2,1H3. The van der Waals surface area contributed by atoms with Gasteiger partial charge in [-0.15, -0.1) is 0 Å². The molecule has 0 saturated carbocycles. The number of para-hydroxylation sites is 2. The summed E-state index contributed by atoms with van der Waals surface area (Å²) < 4.78 is 12.7. The summed E-state index contributed by atoms with van der Waals surface area (Å²) >= 11 is 3.49. The van der Waals surface area contributed by atoms with E-state index < -0.39 is 0 Å². The highest BCUT2D eigenvalue weighted by Crippen LogP contribution is 2.29. The molecule has 21 heavy (non-hydrogen) atoms. The molecule has 0 aliphatic carbocycles. The Bertz CT molecular complexity index is 751. The van der Waals surface area contributed by atoms with Gasteiger partial charge in [0, 0.05) is 17.5 Å². The first-order valence-corrected chi connectivity index (χ1v) is 7.60. The Kier molecular flexibility index (Phi) is 4.27. The van der Waals surface area contributed by atoms with E-state index in [0.29, 0.717) is 6.61 Å². The van der Waals surface area contributed by atoms with Crippen molar-refractivity contribution in [2.45, 2.75) is 13.2 Å². The van der Waals surface area contributed by atoms with Crippen LogP contribution in [0.15, 0.2) is 57.4 Å². The van der Waals surface area contributed by atoms with Crippen LogP contribution in [0.1, 0.15) is 11.3 Å². The third kappa shape index (κ3) is 2.96. The van der Waals surface area contributed by atoms with E-state index in [-0.39, 0.29) is 0 Å². The maximum Gasteiger partial charge on any atom is 0.147 e. The van der Waals surface area contributed by atoms with Crippen molar-refractivity contribution in [3.8, 4) is 5.75 Å². The molecule has 1 N–H and O–H groups in total. The van der Waals surface area contributed by atoms with Gasteiger partial charge in [0.2, 0.25) is 0 Å². The number of halogens is 1. The molecule has 108 valence electrons. The number of fused-ring (bicyclic) bond motifs is 1. The van der Waals surface area contributed by atoms with Gasteiger partial charge in [-0.1, -0.05) is 30.3 Å². The molecule has 0 unspecified atom stereocenters. The molecule has 2 aromatic carbocycles. The highest BCUT2D eigenvalue weighted by molar-refractivity contribution is 9.10. The number of nitrogens with one attached hydrogen (secondary N) is 1. The molecule has 0 spiro atoms. The smallest absolute Gasteiger partial charge is 0.147 e. The molecule has 0 bridgehead atoms. The van der Waals surface area contributed by atoms with E-state index >= 15 is 0 Å². The lowest BCUT2D eigenvalue weighted by molar-refractivity contribution is 0.271. The second-order valence-electron chi connectivity index (χ2n) is 4.75. The van der Waals surface area contributed by atoms with Crippen LogP contribution in [-0.4, -0.2) is 7.05 Å². The highest BCUT2D eigenvalue weighted by atomic mass is 79.9. The average molecular weight is 346 g/mol. The second-order valence-corrected chi connectivity index (χ2v) is 5.60. The molecular weight excluding hydrogens is 330 g/mol. The molecule has 1 heterocycles. The molecule has 0 aliphatic rings. The Labute approximate surface area is 132 Å². The fourth-order valence-corrected chi connectivity index (χ4v) is 2.74. The van der Waals surface area contributed by atoms with E-state index in [9.17, 15) is 0 Å². The van der Waals surface area contributed by atoms with E-state index in [1.807, 2.05) is 49.5 Å². The summed E-state index contributed by atoms with van der Waals surface area (Å²) in [6.07, 6.45) is 0. The van der Waals surface area contributed by atoms with Crippen molar-refractivity contribution in [3.63, 3.8) is 0 Å². The lowest BCUT2D eigenvalue weighted by Crippen LogP contribution is -2.07. The number of benzene rings is 2. The van der Waals surface area contributed by atoms with Gasteiger partial charge in [0.15, 0.2) is 0 Å². The first kappa shape index (κ1) is 14.2. The Morgan fingerprint density at radius 1 is 1.10 bits per heavy atom. The lowest BCUT2D eigenvalue weighted by atomic mass is 10.1. The van der Waals surface area contributed by atoms with Gasteiger partial charge >= 0.3 is 0 Å². The van der Waals surface area contributed by atoms with Gasteiger partial charge in [0.25, 0.3) is 0 Å². The molecule has 0 amide bonds. The van der Waals surface area contributed by atoms with Gasteiger partial charge in [-0.05, 0) is 41.2 Å². The van der Waals surface area contributed by atoms with Crippen molar-refractivity contribution in [3.05, 3.63) is 64.3 Å². The topological polar surface area (TPSA) is 34.4 Å². The van der Waals surface area contributed by atoms with Crippen LogP contribution in [0, 0.1) is 0 Å². The molecular formula is C17H16BrNO2. The van der Waals surface area contributed by atoms with Crippen LogP contribution in [0.25, 0.3) is 11.0 Å². The van der Waals surface area contributed by atoms with Crippen LogP contribution in [0.5, 0.6) is 5.75 Å². The van der Waals surface area contributed by atoms with Gasteiger partial charge < -0.3 is 14.5 Å². The first-order chi connectivity index (χ1) is 10.3. The fourth-order valence-electron chi connectivity index (χ4n) is 2.34. The predicted octanol–water partition coefficient (Wildman–Crippen LogP) is 4.49. The minimum absolute atomic E-state index is 0.411. The monoisotopic (exact) mass is 345 g/mol. The Morgan fingerprint density at radius 3 is 2.67 bits per heavy atom. The minimum atomic E-state index is 0.411. The third-order valence-electron chi connectivity index (χ3n) is 3.33. The van der Waals surface area contributed by atoms with Gasteiger partial charge in [0.1, 0.15) is 23.7 Å². The molecule has 0 aliphatic heterocycles. The van der Waals surface area contributed by atoms with Crippen LogP contribution in [0.3, 0.4) is 0 Å². The van der Waals surface area contributed by atoms with Gasteiger partial charge in [0.05, 0.1) is 4.47 Å². The molecule has 3 aromatic rings. The minimum Gasteiger partial charge on any atom is -0.484 e. The average Bonchev–Trinajstić information content (AvgIpc) is 2.85. The van der Waals surface area contributed by atoms with E-state index in [1.165, 1.54) is 0 Å². The fraction of sp³-hybridized carbons (Fsp3) is 0.176. The van der Waals surface area contributed by atoms with Crippen molar-refractivity contribution in [2.75, 3.05) is 7.05 Å². The molecule has 0 atom stereocenters. The van der Waals surface area contributed by atoms with Gasteiger partial charge in [-0.25, -0.2) is 0 Å². The number of hydrogen-bond acceptors (Lipinski definition) is 3. The summed E-state index contributed by atoms with van der Waals surface area (Å²) in [7, 11) is 1.93. The Morgan fingerprint density at radius 2 is 1.86 bits per heavy atom. The zero-order valence-corrected chi connectivity index (χ0v) is 13.3. The van der Waals surface area contributed by atoms with Crippen molar-refractivity contribution >= 4 is 26.9 Å². The van der Waals surface area contributed by atoms with Crippen LogP contribution < -0.4 is 10.1 Å². The zero-order chi connectivity index (χ0) is 14.7. The number of ether oxygens (including phenoxy) is 1. The summed E-state index contributed by atoms with van der Waals surface area (Å²) in [5.74, 6) is 1.68. The van der Waals surface area contributed by atoms with Crippen molar-refractivity contribution in [1.82, 2.24) is 5.32 Å². The SMILES string of the molecule is CNCc1c(COc2ccccc2Br)oc2ccccc12. The summed E-state index contributed by atoms with van der Waals surface area (Å²) in [6.45, 7) is 1.17. The quantitative estimate of drug-likeness (QED) is 0.739. The predicted molar refractivity (Wildman–Crippen MR) is 87.5 cm³/mol. The molecule has 4 heteroatoms. The molecule has 0 radical (unpaired) electrons. The van der Waals surface area contributed by atoms with Crippen molar-refractivity contribution in [1.29, 1.82) is 0 Å². The number of hydrogen-bond donors (Lipinski definition) is 1. The van der Waals surface area contributed by atoms with Crippen LogP contribution in [0.2, 0.25) is 0 Å². The van der Waals surface area contributed by atoms with Crippen LogP contribution in [0.4, 0.5) is 0 Å². The summed E-state index contributed by atoms with van der Waals surface area (Å²) in [4.78, 5) is 0. The van der Waals surface area contributed by atoms with Crippen molar-refractivity contribution < 1.29 is 9.15 Å². The third-order valence-corrected chi connectivity index (χ3v) is 3.99. The molecule has 1 aromatic heterocycles. The van der Waals surface area contributed by atoms with Crippen LogP contribution >= 0.6 is 15.9 Å². The van der Waals surface area contributed by atoms with Crippen LogP contribution in [-0.2, 0) is 13.2 Å². The number of furan rings is 1. The zero-order valence-electron chi connectivity index (χ0n) is 11.7. The summed E-state index contributed by atoms with van der Waals surface area (Å²) in [5.41, 5.74) is 2.05. The maximum atomic E-state index is 5.93. The van der Waals surface area contributed by atoms with Gasteiger partial charge in [-0.3, -0.25) is 0 Å².